The quantitative estimate of drug-likeness (QED) is 0.695. The number of furan rings is 1. The third-order valence-corrected chi connectivity index (χ3v) is 5.78. The molecule has 144 valence electrons. The highest BCUT2D eigenvalue weighted by atomic mass is 32.1. The summed E-state index contributed by atoms with van der Waals surface area (Å²) in [5.41, 5.74) is 2.40. The lowest BCUT2D eigenvalue weighted by Crippen LogP contribution is -2.46. The lowest BCUT2D eigenvalue weighted by molar-refractivity contribution is -0.121. The Morgan fingerprint density at radius 2 is 2.00 bits per heavy atom. The van der Waals surface area contributed by atoms with Crippen molar-refractivity contribution in [2.45, 2.75) is 19.0 Å². The molecule has 1 atom stereocenters. The third kappa shape index (κ3) is 4.16. The van der Waals surface area contributed by atoms with Crippen LogP contribution in [0.5, 0.6) is 0 Å². The summed E-state index contributed by atoms with van der Waals surface area (Å²) < 4.78 is 5.16. The van der Waals surface area contributed by atoms with Crippen molar-refractivity contribution in [2.75, 3.05) is 13.1 Å². The van der Waals surface area contributed by atoms with E-state index < -0.39 is 6.03 Å². The number of imide groups is 1. The zero-order valence-electron chi connectivity index (χ0n) is 15.3. The van der Waals surface area contributed by atoms with Gasteiger partial charge >= 0.3 is 6.03 Å². The molecule has 1 aliphatic heterocycles. The Bertz CT molecular complexity index is 937. The van der Waals surface area contributed by atoms with E-state index in [1.54, 1.807) is 29.7 Å². The van der Waals surface area contributed by atoms with Crippen molar-refractivity contribution >= 4 is 23.3 Å². The van der Waals surface area contributed by atoms with Crippen LogP contribution >= 0.6 is 11.3 Å². The average Bonchev–Trinajstić information content (AvgIpc) is 3.38. The predicted molar refractivity (Wildman–Crippen MR) is 107 cm³/mol. The summed E-state index contributed by atoms with van der Waals surface area (Å²) in [6.45, 7) is 1.16. The van der Waals surface area contributed by atoms with Gasteiger partial charge in [0.2, 0.25) is 5.91 Å². The van der Waals surface area contributed by atoms with Crippen molar-refractivity contribution in [3.8, 4) is 0 Å². The van der Waals surface area contributed by atoms with Gasteiger partial charge in [-0.1, -0.05) is 30.3 Å². The van der Waals surface area contributed by atoms with E-state index in [4.69, 9.17) is 4.42 Å². The molecule has 0 saturated carbocycles. The number of amides is 3. The maximum Gasteiger partial charge on any atom is 0.321 e. The number of hydrogen-bond donors (Lipinski definition) is 2. The van der Waals surface area contributed by atoms with E-state index >= 15 is 0 Å². The van der Waals surface area contributed by atoms with Crippen LogP contribution in [-0.2, 0) is 17.8 Å². The number of benzene rings is 1. The van der Waals surface area contributed by atoms with Gasteiger partial charge in [0.1, 0.15) is 5.76 Å². The molecule has 0 spiro atoms. The second-order valence-electron chi connectivity index (χ2n) is 6.64. The van der Waals surface area contributed by atoms with E-state index in [1.807, 2.05) is 18.2 Å². The molecule has 3 aromatic rings. The topological polar surface area (TPSA) is 74.6 Å². The Kier molecular flexibility index (Phi) is 5.55. The normalized spacial score (nSPS) is 16.4. The molecule has 0 fully saturated rings. The monoisotopic (exact) mass is 395 g/mol. The zero-order valence-corrected chi connectivity index (χ0v) is 16.1. The molecule has 1 aliphatic rings. The van der Waals surface area contributed by atoms with Gasteiger partial charge in [-0.2, -0.15) is 0 Å². The number of rotatable bonds is 5. The average molecular weight is 395 g/mol. The van der Waals surface area contributed by atoms with Crippen molar-refractivity contribution in [3.63, 3.8) is 0 Å². The molecule has 1 aromatic carbocycles. The number of nitrogens with zero attached hydrogens (tertiary/aromatic N) is 1. The first-order chi connectivity index (χ1) is 13.7. The van der Waals surface area contributed by atoms with E-state index in [9.17, 15) is 9.59 Å². The van der Waals surface area contributed by atoms with Gasteiger partial charge in [-0.15, -0.1) is 11.3 Å². The lowest BCUT2D eigenvalue weighted by atomic mass is 9.93. The molecule has 28 heavy (non-hydrogen) atoms. The molecule has 0 saturated heterocycles. The highest BCUT2D eigenvalue weighted by molar-refractivity contribution is 7.10. The summed E-state index contributed by atoms with van der Waals surface area (Å²) in [6.07, 6.45) is 2.45. The van der Waals surface area contributed by atoms with Crippen LogP contribution in [0.2, 0.25) is 0 Å². The smallest absolute Gasteiger partial charge is 0.321 e. The molecule has 0 aliphatic carbocycles. The SMILES string of the molecule is O=C(CN1CCc2sccc2C1c1ccccc1)NC(=O)NCc1ccco1. The molecule has 6 nitrogen and oxygen atoms in total. The lowest BCUT2D eigenvalue weighted by Gasteiger charge is -2.35. The molecule has 2 N–H and O–H groups in total. The number of thiophene rings is 1. The Hall–Kier alpha value is -2.90. The van der Waals surface area contributed by atoms with Gasteiger partial charge in [-0.3, -0.25) is 15.0 Å². The van der Waals surface area contributed by atoms with Crippen LogP contribution in [0.1, 0.15) is 27.8 Å². The van der Waals surface area contributed by atoms with E-state index in [0.29, 0.717) is 5.76 Å². The first kappa shape index (κ1) is 18.5. The van der Waals surface area contributed by atoms with Gasteiger partial charge in [0.05, 0.1) is 25.4 Å². The maximum absolute atomic E-state index is 12.5. The highest BCUT2D eigenvalue weighted by Gasteiger charge is 2.30. The van der Waals surface area contributed by atoms with Gasteiger partial charge in [0.25, 0.3) is 0 Å². The molecule has 0 radical (unpaired) electrons. The number of fused-ring (bicyclic) bond motifs is 1. The fourth-order valence-corrected chi connectivity index (χ4v) is 4.44. The summed E-state index contributed by atoms with van der Waals surface area (Å²) in [7, 11) is 0. The number of urea groups is 1. The fraction of sp³-hybridized carbons (Fsp3) is 0.238. The molecule has 0 bridgehead atoms. The second kappa shape index (κ2) is 8.41. The van der Waals surface area contributed by atoms with E-state index in [0.717, 1.165) is 18.5 Å². The first-order valence-corrected chi connectivity index (χ1v) is 10.0. The Balaban J connectivity index is 1.41. The van der Waals surface area contributed by atoms with Crippen molar-refractivity contribution in [1.82, 2.24) is 15.5 Å². The van der Waals surface area contributed by atoms with Crippen LogP contribution < -0.4 is 10.6 Å². The largest absolute Gasteiger partial charge is 0.467 e. The minimum Gasteiger partial charge on any atom is -0.467 e. The molecule has 2 aromatic heterocycles. The number of nitrogens with one attached hydrogen (secondary N) is 2. The summed E-state index contributed by atoms with van der Waals surface area (Å²) in [5, 5.41) is 7.14. The molecule has 4 rings (SSSR count). The van der Waals surface area contributed by atoms with Crippen LogP contribution in [0.15, 0.2) is 64.6 Å². The van der Waals surface area contributed by atoms with Gasteiger partial charge in [-0.05, 0) is 41.1 Å². The van der Waals surface area contributed by atoms with Crippen LogP contribution in [0.4, 0.5) is 4.79 Å². The molecule has 3 amide bonds. The Morgan fingerprint density at radius 3 is 2.79 bits per heavy atom. The number of carbonyl (C=O) groups is 2. The summed E-state index contributed by atoms with van der Waals surface area (Å²) >= 11 is 1.76. The Labute approximate surface area is 167 Å². The Morgan fingerprint density at radius 1 is 1.14 bits per heavy atom. The summed E-state index contributed by atoms with van der Waals surface area (Å²) in [6, 6.07) is 15.3. The first-order valence-electron chi connectivity index (χ1n) is 9.16. The van der Waals surface area contributed by atoms with Crippen molar-refractivity contribution in [1.29, 1.82) is 0 Å². The van der Waals surface area contributed by atoms with Crippen molar-refractivity contribution in [2.24, 2.45) is 0 Å². The highest BCUT2D eigenvalue weighted by Crippen LogP contribution is 2.37. The third-order valence-electron chi connectivity index (χ3n) is 4.78. The second-order valence-corrected chi connectivity index (χ2v) is 7.64. The molecular weight excluding hydrogens is 374 g/mol. The van der Waals surface area contributed by atoms with Crippen LogP contribution in [0, 0.1) is 0 Å². The van der Waals surface area contributed by atoms with Gasteiger partial charge in [0, 0.05) is 11.4 Å². The minimum absolute atomic E-state index is 0.0214. The van der Waals surface area contributed by atoms with Gasteiger partial charge < -0.3 is 9.73 Å². The van der Waals surface area contributed by atoms with E-state index in [-0.39, 0.29) is 25.0 Å². The zero-order chi connectivity index (χ0) is 19.3. The van der Waals surface area contributed by atoms with Crippen molar-refractivity contribution in [3.05, 3.63) is 81.9 Å². The molecular formula is C21H21N3O3S. The predicted octanol–water partition coefficient (Wildman–Crippen LogP) is 3.31. The van der Waals surface area contributed by atoms with Crippen LogP contribution in [0.3, 0.4) is 0 Å². The standard InChI is InChI=1S/C21H21N3O3S/c25-19(23-21(26)22-13-16-7-4-11-27-16)14-24-10-8-18-17(9-12-28-18)20(24)15-5-2-1-3-6-15/h1-7,9,11-12,20H,8,10,13-14H2,(H2,22,23,25,26). The van der Waals surface area contributed by atoms with Gasteiger partial charge in [-0.25, -0.2) is 4.79 Å². The van der Waals surface area contributed by atoms with Crippen molar-refractivity contribution < 1.29 is 14.0 Å². The van der Waals surface area contributed by atoms with E-state index in [2.05, 4.69) is 39.1 Å². The van der Waals surface area contributed by atoms with Gasteiger partial charge in [0.15, 0.2) is 0 Å². The fourth-order valence-electron chi connectivity index (χ4n) is 3.54. The molecule has 3 heterocycles. The number of carbonyl (C=O) groups excluding carboxylic acids is 2. The summed E-state index contributed by atoms with van der Waals surface area (Å²) in [4.78, 5) is 28.0. The van der Waals surface area contributed by atoms with Crippen LogP contribution in [-0.4, -0.2) is 29.9 Å². The number of hydrogen-bond acceptors (Lipinski definition) is 5. The van der Waals surface area contributed by atoms with E-state index in [1.165, 1.54) is 10.4 Å². The minimum atomic E-state index is -0.522. The maximum atomic E-state index is 12.5. The summed E-state index contributed by atoms with van der Waals surface area (Å²) in [5.74, 6) is 0.310. The molecule has 1 unspecified atom stereocenters. The van der Waals surface area contributed by atoms with Crippen LogP contribution in [0.25, 0.3) is 0 Å². The molecule has 7 heteroatoms.